The minimum Gasteiger partial charge on any atom is -0.334 e. The molecule has 96 valence electrons. The summed E-state index contributed by atoms with van der Waals surface area (Å²) < 4.78 is 2.14. The molecular formula is C13H19N5. The predicted molar refractivity (Wildman–Crippen MR) is 70.3 cm³/mol. The van der Waals surface area contributed by atoms with E-state index in [1.54, 1.807) is 0 Å². The molecule has 0 radical (unpaired) electrons. The van der Waals surface area contributed by atoms with Crippen molar-refractivity contribution in [2.45, 2.75) is 33.4 Å². The van der Waals surface area contributed by atoms with E-state index in [4.69, 9.17) is 0 Å². The largest absolute Gasteiger partial charge is 0.334 e. The summed E-state index contributed by atoms with van der Waals surface area (Å²) in [7, 11) is 1.94. The molecule has 2 rings (SSSR count). The third-order valence-corrected chi connectivity index (χ3v) is 3.09. The summed E-state index contributed by atoms with van der Waals surface area (Å²) in [4.78, 5) is 4.46. The normalized spacial score (nSPS) is 12.7. The first-order valence-electron chi connectivity index (χ1n) is 6.16. The molecule has 0 aliphatic rings. The highest BCUT2D eigenvalue weighted by Crippen LogP contribution is 2.22. The van der Waals surface area contributed by atoms with Crippen molar-refractivity contribution in [3.8, 4) is 0 Å². The first kappa shape index (κ1) is 12.7. The van der Waals surface area contributed by atoms with Crippen LogP contribution in [0.3, 0.4) is 0 Å². The molecular weight excluding hydrogens is 226 g/mol. The fraction of sp³-hybridized carbons (Fsp3) is 0.462. The molecule has 0 bridgehead atoms. The number of hydrogen-bond acceptors (Lipinski definition) is 4. The van der Waals surface area contributed by atoms with E-state index in [1.807, 2.05) is 33.3 Å². The van der Waals surface area contributed by atoms with E-state index in [0.717, 1.165) is 29.3 Å². The molecule has 2 heterocycles. The second-order valence-corrected chi connectivity index (χ2v) is 4.32. The summed E-state index contributed by atoms with van der Waals surface area (Å²) in [5, 5.41) is 11.6. The van der Waals surface area contributed by atoms with Crippen LogP contribution in [0.4, 0.5) is 0 Å². The van der Waals surface area contributed by atoms with Gasteiger partial charge < -0.3 is 9.88 Å². The Labute approximate surface area is 107 Å². The number of aryl methyl sites for hydroxylation is 3. The zero-order chi connectivity index (χ0) is 13.1. The lowest BCUT2D eigenvalue weighted by Crippen LogP contribution is -2.23. The lowest BCUT2D eigenvalue weighted by atomic mass is 10.0. The van der Waals surface area contributed by atoms with Crippen molar-refractivity contribution in [1.82, 2.24) is 25.1 Å². The molecule has 0 aliphatic carbocycles. The predicted octanol–water partition coefficient (Wildman–Crippen LogP) is 1.62. The summed E-state index contributed by atoms with van der Waals surface area (Å²) >= 11 is 0. The lowest BCUT2D eigenvalue weighted by molar-refractivity contribution is 0.583. The van der Waals surface area contributed by atoms with Gasteiger partial charge in [0.2, 0.25) is 0 Å². The maximum absolute atomic E-state index is 4.46. The number of imidazole rings is 1. The molecule has 0 fully saturated rings. The van der Waals surface area contributed by atoms with E-state index in [1.165, 1.54) is 0 Å². The van der Waals surface area contributed by atoms with Crippen molar-refractivity contribution in [1.29, 1.82) is 0 Å². The molecule has 1 N–H and O–H groups in total. The van der Waals surface area contributed by atoms with Gasteiger partial charge in [0, 0.05) is 24.5 Å². The van der Waals surface area contributed by atoms with Gasteiger partial charge in [-0.1, -0.05) is 0 Å². The topological polar surface area (TPSA) is 55.6 Å². The van der Waals surface area contributed by atoms with Crippen LogP contribution in [0, 0.1) is 13.8 Å². The Bertz CT molecular complexity index is 532. The average Bonchev–Trinajstić information content (AvgIpc) is 2.83. The molecule has 5 heteroatoms. The van der Waals surface area contributed by atoms with Crippen LogP contribution in [-0.2, 0) is 6.54 Å². The third-order valence-electron chi connectivity index (χ3n) is 3.09. The van der Waals surface area contributed by atoms with Gasteiger partial charge in [0.1, 0.15) is 5.82 Å². The summed E-state index contributed by atoms with van der Waals surface area (Å²) in [6, 6.07) is 2.12. The standard InChI is InChI=1S/C13H19N5/c1-5-18-7-6-15-13(18)12(14-4)11-8-9(2)16-17-10(11)3/h6-8,12,14H,5H2,1-4H3. The molecule has 2 aromatic rings. The van der Waals surface area contributed by atoms with Gasteiger partial charge in [-0.3, -0.25) is 0 Å². The first-order valence-corrected chi connectivity index (χ1v) is 6.16. The molecule has 0 amide bonds. The van der Waals surface area contributed by atoms with Crippen molar-refractivity contribution >= 4 is 0 Å². The summed E-state index contributed by atoms with van der Waals surface area (Å²) in [5.74, 6) is 1.01. The summed E-state index contributed by atoms with van der Waals surface area (Å²) in [6.45, 7) is 6.95. The Morgan fingerprint density at radius 3 is 2.78 bits per heavy atom. The number of aromatic nitrogens is 4. The lowest BCUT2D eigenvalue weighted by Gasteiger charge is -2.19. The molecule has 18 heavy (non-hydrogen) atoms. The van der Waals surface area contributed by atoms with E-state index in [-0.39, 0.29) is 6.04 Å². The number of nitrogens with one attached hydrogen (secondary N) is 1. The van der Waals surface area contributed by atoms with Gasteiger partial charge in [-0.25, -0.2) is 4.98 Å². The van der Waals surface area contributed by atoms with Gasteiger partial charge in [0.25, 0.3) is 0 Å². The Morgan fingerprint density at radius 2 is 2.11 bits per heavy atom. The van der Waals surface area contributed by atoms with Crippen LogP contribution in [0.15, 0.2) is 18.5 Å². The average molecular weight is 245 g/mol. The third kappa shape index (κ3) is 2.26. The van der Waals surface area contributed by atoms with Crippen LogP contribution in [0.2, 0.25) is 0 Å². The van der Waals surface area contributed by atoms with E-state index in [2.05, 4.69) is 38.1 Å². The van der Waals surface area contributed by atoms with E-state index in [0.29, 0.717) is 0 Å². The fourth-order valence-electron chi connectivity index (χ4n) is 2.13. The van der Waals surface area contributed by atoms with Crippen LogP contribution < -0.4 is 5.32 Å². The van der Waals surface area contributed by atoms with E-state index < -0.39 is 0 Å². The highest BCUT2D eigenvalue weighted by atomic mass is 15.1. The molecule has 1 atom stereocenters. The molecule has 1 unspecified atom stereocenters. The van der Waals surface area contributed by atoms with Crippen molar-refractivity contribution in [2.75, 3.05) is 7.05 Å². The van der Waals surface area contributed by atoms with E-state index >= 15 is 0 Å². The van der Waals surface area contributed by atoms with E-state index in [9.17, 15) is 0 Å². The van der Waals surface area contributed by atoms with Gasteiger partial charge in [0.15, 0.2) is 0 Å². The Balaban J connectivity index is 2.48. The van der Waals surface area contributed by atoms with Crippen LogP contribution >= 0.6 is 0 Å². The summed E-state index contributed by atoms with van der Waals surface area (Å²) in [6.07, 6.45) is 3.83. The Kier molecular flexibility index (Phi) is 3.72. The van der Waals surface area contributed by atoms with Crippen molar-refractivity contribution < 1.29 is 0 Å². The Morgan fingerprint density at radius 1 is 1.33 bits per heavy atom. The first-order chi connectivity index (χ1) is 8.67. The monoisotopic (exact) mass is 245 g/mol. The zero-order valence-corrected chi connectivity index (χ0v) is 11.3. The number of nitrogens with zero attached hydrogens (tertiary/aromatic N) is 4. The minimum atomic E-state index is 0.0501. The van der Waals surface area contributed by atoms with Gasteiger partial charge >= 0.3 is 0 Å². The highest BCUT2D eigenvalue weighted by Gasteiger charge is 2.19. The van der Waals surface area contributed by atoms with Crippen LogP contribution in [0.25, 0.3) is 0 Å². The number of rotatable bonds is 4. The van der Waals surface area contributed by atoms with Crippen molar-refractivity contribution in [3.05, 3.63) is 41.2 Å². The maximum Gasteiger partial charge on any atom is 0.130 e. The fourth-order valence-corrected chi connectivity index (χ4v) is 2.13. The molecule has 0 aliphatic heterocycles. The molecule has 5 nitrogen and oxygen atoms in total. The van der Waals surface area contributed by atoms with Crippen molar-refractivity contribution in [2.24, 2.45) is 0 Å². The Hall–Kier alpha value is -1.75. The molecule has 0 aromatic carbocycles. The second-order valence-electron chi connectivity index (χ2n) is 4.32. The van der Waals surface area contributed by atoms with Gasteiger partial charge in [-0.15, -0.1) is 0 Å². The van der Waals surface area contributed by atoms with Crippen LogP contribution in [-0.4, -0.2) is 26.8 Å². The molecule has 0 saturated carbocycles. The molecule has 2 aromatic heterocycles. The maximum atomic E-state index is 4.46. The zero-order valence-electron chi connectivity index (χ0n) is 11.3. The van der Waals surface area contributed by atoms with Gasteiger partial charge in [-0.2, -0.15) is 10.2 Å². The minimum absolute atomic E-state index is 0.0501. The molecule has 0 spiro atoms. The molecule has 0 saturated heterocycles. The van der Waals surface area contributed by atoms with Gasteiger partial charge in [-0.05, 0) is 33.9 Å². The van der Waals surface area contributed by atoms with Gasteiger partial charge in [0.05, 0.1) is 17.4 Å². The number of hydrogen-bond donors (Lipinski definition) is 1. The smallest absolute Gasteiger partial charge is 0.130 e. The summed E-state index contributed by atoms with van der Waals surface area (Å²) in [5.41, 5.74) is 2.99. The SMILES string of the molecule is CCn1ccnc1C(NC)c1cc(C)nnc1C. The highest BCUT2D eigenvalue weighted by molar-refractivity contribution is 5.29. The van der Waals surface area contributed by atoms with Crippen molar-refractivity contribution in [3.63, 3.8) is 0 Å². The van der Waals surface area contributed by atoms with Crippen LogP contribution in [0.1, 0.15) is 35.7 Å². The second kappa shape index (κ2) is 5.27. The quantitative estimate of drug-likeness (QED) is 0.889. The van der Waals surface area contributed by atoms with Crippen LogP contribution in [0.5, 0.6) is 0 Å².